The lowest BCUT2D eigenvalue weighted by atomic mass is 10.2. The molecular weight excluding hydrogens is 401 g/mol. The monoisotopic (exact) mass is 415 g/mol. The first-order chi connectivity index (χ1) is 10.2. The average molecular weight is 416 g/mol. The summed E-state index contributed by atoms with van der Waals surface area (Å²) in [5, 5.41) is 7.38. The highest BCUT2D eigenvalue weighted by molar-refractivity contribution is 14.1. The summed E-state index contributed by atoms with van der Waals surface area (Å²) in [6.07, 6.45) is 8.32. The van der Waals surface area contributed by atoms with Crippen molar-refractivity contribution in [2.45, 2.75) is 31.3 Å². The van der Waals surface area contributed by atoms with Gasteiger partial charge in [0.05, 0.1) is 17.4 Å². The normalized spacial score (nSPS) is 21.2. The molecule has 2 aromatic rings. The summed E-state index contributed by atoms with van der Waals surface area (Å²) in [4.78, 5) is 12.7. The van der Waals surface area contributed by atoms with Gasteiger partial charge in [0.2, 0.25) is 5.95 Å². The Bertz CT molecular complexity index is 536. The van der Waals surface area contributed by atoms with Crippen molar-refractivity contribution in [2.24, 2.45) is 0 Å². The number of rotatable bonds is 4. The van der Waals surface area contributed by atoms with Gasteiger partial charge in [0.1, 0.15) is 5.82 Å². The summed E-state index contributed by atoms with van der Waals surface area (Å²) in [6, 6.07) is 4.89. The van der Waals surface area contributed by atoms with E-state index in [4.69, 9.17) is 11.6 Å². The van der Waals surface area contributed by atoms with Gasteiger partial charge in [-0.15, -0.1) is 0 Å². The maximum Gasteiger partial charge on any atom is 0.222 e. The molecule has 0 saturated heterocycles. The minimum Gasteiger partial charge on any atom is -0.367 e. The quantitative estimate of drug-likeness (QED) is 0.748. The molecule has 1 aliphatic carbocycles. The fourth-order valence-corrected chi connectivity index (χ4v) is 2.90. The average Bonchev–Trinajstić information content (AvgIpc) is 2.91. The van der Waals surface area contributed by atoms with Gasteiger partial charge >= 0.3 is 0 Å². The zero-order valence-corrected chi connectivity index (χ0v) is 14.2. The van der Waals surface area contributed by atoms with Gasteiger partial charge < -0.3 is 10.6 Å². The Labute approximate surface area is 142 Å². The molecule has 5 nitrogen and oxygen atoms in total. The molecule has 1 saturated carbocycles. The van der Waals surface area contributed by atoms with E-state index in [0.29, 0.717) is 23.1 Å². The Kier molecular flexibility index (Phi) is 4.74. The van der Waals surface area contributed by atoms with Crippen LogP contribution in [0.1, 0.15) is 19.3 Å². The van der Waals surface area contributed by atoms with E-state index in [1.807, 2.05) is 12.3 Å². The van der Waals surface area contributed by atoms with Crippen molar-refractivity contribution >= 4 is 46.0 Å². The number of pyridine rings is 1. The molecule has 3 rings (SSSR count). The SMILES string of the molecule is Clc1cnc(N[C@H]2CC[C@H](Nc3ccc(I)cn3)C2)nc1. The van der Waals surface area contributed by atoms with Crippen molar-refractivity contribution < 1.29 is 0 Å². The van der Waals surface area contributed by atoms with Crippen molar-refractivity contribution in [3.8, 4) is 0 Å². The zero-order valence-electron chi connectivity index (χ0n) is 11.3. The van der Waals surface area contributed by atoms with Gasteiger partial charge in [-0.25, -0.2) is 15.0 Å². The molecule has 2 N–H and O–H groups in total. The second kappa shape index (κ2) is 6.74. The Balaban J connectivity index is 1.53. The van der Waals surface area contributed by atoms with E-state index in [0.717, 1.165) is 28.7 Å². The van der Waals surface area contributed by atoms with E-state index in [2.05, 4.69) is 54.2 Å². The standard InChI is InChI=1S/C14H15ClIN5/c15-9-6-18-14(19-7-9)21-12-3-2-11(5-12)20-13-4-1-10(16)8-17-13/h1,4,6-8,11-12H,2-3,5H2,(H,17,20)(H,18,19,21)/t11-,12-/m0/s1. The topological polar surface area (TPSA) is 62.7 Å². The Hall–Kier alpha value is -1.15. The van der Waals surface area contributed by atoms with Crippen LogP contribution in [0.3, 0.4) is 0 Å². The summed E-state index contributed by atoms with van der Waals surface area (Å²) in [7, 11) is 0. The molecule has 0 aromatic carbocycles. The van der Waals surface area contributed by atoms with Crippen molar-refractivity contribution in [2.75, 3.05) is 10.6 Å². The summed E-state index contributed by atoms with van der Waals surface area (Å²) in [5.74, 6) is 1.57. The van der Waals surface area contributed by atoms with Crippen LogP contribution in [0.25, 0.3) is 0 Å². The lowest BCUT2D eigenvalue weighted by molar-refractivity contribution is 0.716. The molecule has 110 valence electrons. The summed E-state index contributed by atoms with van der Waals surface area (Å²) < 4.78 is 1.14. The van der Waals surface area contributed by atoms with Crippen LogP contribution >= 0.6 is 34.2 Å². The summed E-state index contributed by atoms with van der Waals surface area (Å²) >= 11 is 8.04. The predicted molar refractivity (Wildman–Crippen MR) is 92.7 cm³/mol. The summed E-state index contributed by atoms with van der Waals surface area (Å²) in [5.41, 5.74) is 0. The van der Waals surface area contributed by atoms with Crippen LogP contribution < -0.4 is 10.6 Å². The lowest BCUT2D eigenvalue weighted by Gasteiger charge is -2.15. The number of hydrogen-bond donors (Lipinski definition) is 2. The van der Waals surface area contributed by atoms with Crippen LogP contribution in [0.2, 0.25) is 5.02 Å². The third-order valence-corrected chi connectivity index (χ3v) is 4.30. The lowest BCUT2D eigenvalue weighted by Crippen LogP contribution is -2.21. The van der Waals surface area contributed by atoms with Gasteiger partial charge in [-0.3, -0.25) is 0 Å². The van der Waals surface area contributed by atoms with Crippen molar-refractivity contribution in [3.05, 3.63) is 39.3 Å². The molecule has 7 heteroatoms. The first kappa shape index (κ1) is 14.8. The molecule has 0 aliphatic heterocycles. The number of nitrogens with one attached hydrogen (secondary N) is 2. The number of aromatic nitrogens is 3. The molecule has 0 bridgehead atoms. The van der Waals surface area contributed by atoms with Crippen LogP contribution in [0.5, 0.6) is 0 Å². The van der Waals surface area contributed by atoms with E-state index in [1.54, 1.807) is 12.4 Å². The first-order valence-corrected chi connectivity index (χ1v) is 8.27. The molecule has 0 amide bonds. The molecule has 0 unspecified atom stereocenters. The number of halogens is 2. The van der Waals surface area contributed by atoms with Crippen LogP contribution in [0, 0.1) is 3.57 Å². The molecule has 2 aromatic heterocycles. The fraction of sp³-hybridized carbons (Fsp3) is 0.357. The van der Waals surface area contributed by atoms with E-state index >= 15 is 0 Å². The second-order valence-corrected chi connectivity index (χ2v) is 6.76. The van der Waals surface area contributed by atoms with E-state index in [9.17, 15) is 0 Å². The second-order valence-electron chi connectivity index (χ2n) is 5.08. The highest BCUT2D eigenvalue weighted by Crippen LogP contribution is 2.24. The highest BCUT2D eigenvalue weighted by atomic mass is 127. The molecule has 0 spiro atoms. The van der Waals surface area contributed by atoms with Gasteiger partial charge in [0.15, 0.2) is 0 Å². The van der Waals surface area contributed by atoms with E-state index < -0.39 is 0 Å². The first-order valence-electron chi connectivity index (χ1n) is 6.81. The smallest absolute Gasteiger partial charge is 0.222 e. The number of hydrogen-bond acceptors (Lipinski definition) is 5. The van der Waals surface area contributed by atoms with Crippen LogP contribution in [0.4, 0.5) is 11.8 Å². The minimum atomic E-state index is 0.382. The predicted octanol–water partition coefficient (Wildman–Crippen LogP) is 3.57. The largest absolute Gasteiger partial charge is 0.367 e. The molecule has 2 heterocycles. The molecule has 1 aliphatic rings. The Morgan fingerprint density at radius 1 is 1.00 bits per heavy atom. The molecule has 0 radical (unpaired) electrons. The van der Waals surface area contributed by atoms with Crippen molar-refractivity contribution in [1.82, 2.24) is 15.0 Å². The van der Waals surface area contributed by atoms with Crippen LogP contribution in [-0.4, -0.2) is 27.0 Å². The molecular formula is C14H15ClIN5. The van der Waals surface area contributed by atoms with E-state index in [-0.39, 0.29) is 0 Å². The fourth-order valence-electron chi connectivity index (χ4n) is 2.48. The van der Waals surface area contributed by atoms with Gasteiger partial charge in [-0.1, -0.05) is 11.6 Å². The number of nitrogens with zero attached hydrogens (tertiary/aromatic N) is 3. The van der Waals surface area contributed by atoms with Crippen molar-refractivity contribution in [3.63, 3.8) is 0 Å². The molecule has 21 heavy (non-hydrogen) atoms. The third-order valence-electron chi connectivity index (χ3n) is 3.47. The van der Waals surface area contributed by atoms with E-state index in [1.165, 1.54) is 0 Å². The zero-order chi connectivity index (χ0) is 14.7. The molecule has 2 atom stereocenters. The third kappa shape index (κ3) is 4.16. The van der Waals surface area contributed by atoms with Gasteiger partial charge in [0, 0.05) is 21.9 Å². The number of anilines is 2. The van der Waals surface area contributed by atoms with Gasteiger partial charge in [0.25, 0.3) is 0 Å². The Morgan fingerprint density at radius 2 is 1.71 bits per heavy atom. The van der Waals surface area contributed by atoms with Gasteiger partial charge in [-0.05, 0) is 54.0 Å². The minimum absolute atomic E-state index is 0.382. The maximum absolute atomic E-state index is 5.78. The Morgan fingerprint density at radius 3 is 2.38 bits per heavy atom. The maximum atomic E-state index is 5.78. The van der Waals surface area contributed by atoms with Crippen LogP contribution in [-0.2, 0) is 0 Å². The van der Waals surface area contributed by atoms with Crippen molar-refractivity contribution in [1.29, 1.82) is 0 Å². The molecule has 1 fully saturated rings. The summed E-state index contributed by atoms with van der Waals surface area (Å²) in [6.45, 7) is 0. The van der Waals surface area contributed by atoms with Gasteiger partial charge in [-0.2, -0.15) is 0 Å². The van der Waals surface area contributed by atoms with Crippen LogP contribution in [0.15, 0.2) is 30.7 Å². The highest BCUT2D eigenvalue weighted by Gasteiger charge is 2.25.